The molecule has 6 N–H and O–H groups in total. The highest BCUT2D eigenvalue weighted by molar-refractivity contribution is 6.18. The Morgan fingerprint density at radius 2 is 2.04 bits per heavy atom. The highest BCUT2D eigenvalue weighted by Gasteiger charge is 2.64. The van der Waals surface area contributed by atoms with E-state index >= 15 is 0 Å². The zero-order valence-electron chi connectivity index (χ0n) is 13.0. The standard InChI is InChI=1S/C12H22ClN3O8/c1-2-3-11(21)12(22,9(19)8(18)7(6-17)24-11)14-10(20)16(15-23)5-4-13/h7-9,17-19,21-22H,2-6H2,1H3,(H,14,20)/t7-,8-,9+,11+,12-/m1/s1. The number of nitroso groups, excluding NO2 is 1. The molecule has 11 nitrogen and oxygen atoms in total. The van der Waals surface area contributed by atoms with Gasteiger partial charge < -0.3 is 35.6 Å². The van der Waals surface area contributed by atoms with E-state index < -0.39 is 42.5 Å². The lowest BCUT2D eigenvalue weighted by Crippen LogP contribution is -2.79. The summed E-state index contributed by atoms with van der Waals surface area (Å²) in [7, 11) is 0. The average molecular weight is 372 g/mol. The van der Waals surface area contributed by atoms with E-state index in [1.54, 1.807) is 6.92 Å². The van der Waals surface area contributed by atoms with E-state index in [2.05, 4.69) is 5.29 Å². The molecule has 12 heteroatoms. The molecule has 24 heavy (non-hydrogen) atoms. The van der Waals surface area contributed by atoms with Crippen LogP contribution in [0.3, 0.4) is 0 Å². The molecule has 1 fully saturated rings. The number of alkyl halides is 1. The molecule has 0 unspecified atom stereocenters. The first kappa shape index (κ1) is 21.0. The average Bonchev–Trinajstić information content (AvgIpc) is 2.54. The maximum absolute atomic E-state index is 12.0. The van der Waals surface area contributed by atoms with Gasteiger partial charge in [0.05, 0.1) is 18.4 Å². The maximum Gasteiger partial charge on any atom is 0.342 e. The first-order chi connectivity index (χ1) is 11.2. The molecule has 1 aliphatic heterocycles. The largest absolute Gasteiger partial charge is 0.394 e. The lowest BCUT2D eigenvalue weighted by atomic mass is 9.84. The molecule has 0 bridgehead atoms. The van der Waals surface area contributed by atoms with Crippen molar-refractivity contribution >= 4 is 17.6 Å². The van der Waals surface area contributed by atoms with E-state index in [0.29, 0.717) is 5.01 Å². The Bertz CT molecular complexity index is 458. The molecule has 140 valence electrons. The summed E-state index contributed by atoms with van der Waals surface area (Å²) in [5.41, 5.74) is -2.86. The minimum Gasteiger partial charge on any atom is -0.394 e. The number of aliphatic hydroxyl groups excluding tert-OH is 3. The molecule has 0 spiro atoms. The van der Waals surface area contributed by atoms with Gasteiger partial charge in [0.2, 0.25) is 11.5 Å². The van der Waals surface area contributed by atoms with Crippen LogP contribution < -0.4 is 5.32 Å². The second-order valence-corrected chi connectivity index (χ2v) is 5.78. The minimum absolute atomic E-state index is 0.134. The zero-order valence-corrected chi connectivity index (χ0v) is 13.8. The van der Waals surface area contributed by atoms with Gasteiger partial charge in [-0.05, 0) is 0 Å². The van der Waals surface area contributed by atoms with Crippen molar-refractivity contribution in [1.82, 2.24) is 10.3 Å². The fraction of sp³-hybridized carbons (Fsp3) is 0.917. The summed E-state index contributed by atoms with van der Waals surface area (Å²) in [6.45, 7) is 0.586. The second kappa shape index (κ2) is 8.34. The fourth-order valence-electron chi connectivity index (χ4n) is 2.48. The number of ether oxygens (including phenoxy) is 1. The van der Waals surface area contributed by atoms with Crippen molar-refractivity contribution in [1.29, 1.82) is 0 Å². The number of halogens is 1. The smallest absolute Gasteiger partial charge is 0.342 e. The normalized spacial score (nSPS) is 36.2. The second-order valence-electron chi connectivity index (χ2n) is 5.40. The Labute approximate surface area is 142 Å². The number of aliphatic hydroxyl groups is 5. The predicted molar refractivity (Wildman–Crippen MR) is 80.5 cm³/mol. The number of carbonyl (C=O) groups excluding carboxylic acids is 1. The van der Waals surface area contributed by atoms with Crippen LogP contribution in [0.5, 0.6) is 0 Å². The molecule has 0 saturated carbocycles. The first-order valence-electron chi connectivity index (χ1n) is 7.29. The third-order valence-corrected chi connectivity index (χ3v) is 3.94. The van der Waals surface area contributed by atoms with Crippen LogP contribution in [-0.4, -0.2) is 85.4 Å². The summed E-state index contributed by atoms with van der Waals surface area (Å²) < 4.78 is 5.11. The van der Waals surface area contributed by atoms with Gasteiger partial charge in [0.15, 0.2) is 0 Å². The number of hydrogen-bond donors (Lipinski definition) is 6. The Morgan fingerprint density at radius 3 is 2.50 bits per heavy atom. The molecule has 2 amide bonds. The van der Waals surface area contributed by atoms with Gasteiger partial charge in [0.1, 0.15) is 18.3 Å². The highest BCUT2D eigenvalue weighted by atomic mass is 35.5. The summed E-state index contributed by atoms with van der Waals surface area (Å²) in [5.74, 6) is -2.66. The van der Waals surface area contributed by atoms with Crippen molar-refractivity contribution in [3.63, 3.8) is 0 Å². The van der Waals surface area contributed by atoms with Crippen molar-refractivity contribution in [3.8, 4) is 0 Å². The van der Waals surface area contributed by atoms with E-state index in [1.807, 2.05) is 5.32 Å². The van der Waals surface area contributed by atoms with E-state index in [9.17, 15) is 35.2 Å². The van der Waals surface area contributed by atoms with Gasteiger partial charge in [-0.25, -0.2) is 4.79 Å². The number of nitrogens with one attached hydrogen (secondary N) is 1. The van der Waals surface area contributed by atoms with Gasteiger partial charge in [0.25, 0.3) is 0 Å². The monoisotopic (exact) mass is 371 g/mol. The number of carbonyl (C=O) groups is 1. The lowest BCUT2D eigenvalue weighted by molar-refractivity contribution is -0.396. The van der Waals surface area contributed by atoms with Crippen LogP contribution in [0.15, 0.2) is 5.29 Å². The molecule has 1 rings (SSSR count). The Morgan fingerprint density at radius 1 is 1.42 bits per heavy atom. The van der Waals surface area contributed by atoms with Gasteiger partial charge in [-0.2, -0.15) is 5.01 Å². The molecular formula is C12H22ClN3O8. The van der Waals surface area contributed by atoms with E-state index in [4.69, 9.17) is 16.3 Å². The van der Waals surface area contributed by atoms with Gasteiger partial charge in [-0.15, -0.1) is 16.5 Å². The number of rotatable bonds is 7. The molecule has 0 aliphatic carbocycles. The molecule has 1 saturated heterocycles. The van der Waals surface area contributed by atoms with E-state index in [-0.39, 0.29) is 25.3 Å². The molecular weight excluding hydrogens is 350 g/mol. The topological polar surface area (TPSA) is 172 Å². The molecule has 5 atom stereocenters. The first-order valence-corrected chi connectivity index (χ1v) is 7.82. The molecule has 0 aromatic rings. The molecule has 0 aromatic heterocycles. The fourth-order valence-corrected chi connectivity index (χ4v) is 2.64. The predicted octanol–water partition coefficient (Wildman–Crippen LogP) is -1.79. The van der Waals surface area contributed by atoms with Crippen LogP contribution in [-0.2, 0) is 4.74 Å². The van der Waals surface area contributed by atoms with Crippen molar-refractivity contribution in [3.05, 3.63) is 4.91 Å². The Kier molecular flexibility index (Phi) is 7.28. The summed E-state index contributed by atoms with van der Waals surface area (Å²) in [6, 6.07) is -1.26. The maximum atomic E-state index is 12.0. The molecule has 0 radical (unpaired) electrons. The van der Waals surface area contributed by atoms with Crippen LogP contribution in [0.1, 0.15) is 19.8 Å². The number of urea groups is 1. The van der Waals surface area contributed by atoms with Gasteiger partial charge in [-0.3, -0.25) is 0 Å². The SMILES string of the molecule is CCC[C@]1(O)O[C@H](CO)[C@@H](O)[C@H](O)[C@]1(O)NC(=O)N(CCCl)N=O. The van der Waals surface area contributed by atoms with Crippen LogP contribution in [0.4, 0.5) is 4.79 Å². The van der Waals surface area contributed by atoms with Gasteiger partial charge in [-0.1, -0.05) is 13.3 Å². The third-order valence-electron chi connectivity index (χ3n) is 3.77. The van der Waals surface area contributed by atoms with Crippen LogP contribution in [0.2, 0.25) is 0 Å². The Balaban J connectivity index is 3.16. The van der Waals surface area contributed by atoms with Crippen LogP contribution in [0.25, 0.3) is 0 Å². The van der Waals surface area contributed by atoms with Crippen LogP contribution >= 0.6 is 11.6 Å². The summed E-state index contributed by atoms with van der Waals surface area (Å²) in [4.78, 5) is 22.7. The molecule has 0 aromatic carbocycles. The van der Waals surface area contributed by atoms with Crippen molar-refractivity contribution in [2.45, 2.75) is 49.6 Å². The number of amides is 2. The summed E-state index contributed by atoms with van der Waals surface area (Å²) in [6.07, 6.45) is -5.32. The molecule has 1 heterocycles. The van der Waals surface area contributed by atoms with Crippen molar-refractivity contribution in [2.24, 2.45) is 5.29 Å². The van der Waals surface area contributed by atoms with E-state index in [1.165, 1.54) is 0 Å². The molecule has 1 aliphatic rings. The van der Waals surface area contributed by atoms with Crippen LogP contribution in [0, 0.1) is 4.91 Å². The Hall–Kier alpha value is -1.08. The highest BCUT2D eigenvalue weighted by Crippen LogP contribution is 2.38. The number of nitrogens with zero attached hydrogens (tertiary/aromatic N) is 2. The lowest BCUT2D eigenvalue weighted by Gasteiger charge is -2.52. The zero-order chi connectivity index (χ0) is 18.5. The number of hydrogen-bond acceptors (Lipinski definition) is 9. The quantitative estimate of drug-likeness (QED) is 0.132. The minimum atomic E-state index is -2.86. The summed E-state index contributed by atoms with van der Waals surface area (Å²) >= 11 is 5.42. The van der Waals surface area contributed by atoms with Crippen molar-refractivity contribution < 1.29 is 35.1 Å². The van der Waals surface area contributed by atoms with Gasteiger partial charge >= 0.3 is 6.03 Å². The third kappa shape index (κ3) is 3.77. The van der Waals surface area contributed by atoms with Crippen molar-refractivity contribution in [2.75, 3.05) is 19.0 Å². The summed E-state index contributed by atoms with van der Waals surface area (Å²) in [5, 5.41) is 55.1. The van der Waals surface area contributed by atoms with Gasteiger partial charge in [0, 0.05) is 12.3 Å². The van der Waals surface area contributed by atoms with E-state index in [0.717, 1.165) is 0 Å².